The Bertz CT molecular complexity index is 598. The molecule has 3 unspecified atom stereocenters. The van der Waals surface area contributed by atoms with Crippen LogP contribution in [-0.4, -0.2) is 39.6 Å². The number of rotatable bonds is 2. The predicted molar refractivity (Wildman–Crippen MR) is 82.8 cm³/mol. The van der Waals surface area contributed by atoms with Crippen molar-refractivity contribution in [1.82, 2.24) is 4.90 Å². The van der Waals surface area contributed by atoms with E-state index in [2.05, 4.69) is 6.07 Å². The average Bonchev–Trinajstić information content (AvgIpc) is 3.14. The van der Waals surface area contributed by atoms with E-state index in [9.17, 15) is 15.2 Å². The van der Waals surface area contributed by atoms with E-state index >= 15 is 0 Å². The maximum absolute atomic E-state index is 13.1. The zero-order chi connectivity index (χ0) is 16.0. The van der Waals surface area contributed by atoms with Crippen molar-refractivity contribution in [2.45, 2.75) is 75.1 Å². The third-order valence-corrected chi connectivity index (χ3v) is 7.51. The van der Waals surface area contributed by atoms with Crippen molar-refractivity contribution in [3.63, 3.8) is 0 Å². The summed E-state index contributed by atoms with van der Waals surface area (Å²) in [6.07, 6.45) is 7.48. The van der Waals surface area contributed by atoms with Crippen LogP contribution in [0.1, 0.15) is 51.4 Å². The molecule has 5 aliphatic carbocycles. The van der Waals surface area contributed by atoms with Gasteiger partial charge in [0.05, 0.1) is 17.7 Å². The Labute approximate surface area is 136 Å². The van der Waals surface area contributed by atoms with Crippen LogP contribution in [0, 0.1) is 34.5 Å². The molecule has 6 fully saturated rings. The molecule has 1 heterocycles. The first-order valence-electron chi connectivity index (χ1n) is 9.13. The fourth-order valence-corrected chi connectivity index (χ4v) is 6.96. The molecule has 0 spiro atoms. The van der Waals surface area contributed by atoms with Gasteiger partial charge in [-0.25, -0.2) is 0 Å². The molecule has 6 aliphatic rings. The van der Waals surface area contributed by atoms with E-state index in [0.29, 0.717) is 24.2 Å². The van der Waals surface area contributed by atoms with Crippen molar-refractivity contribution in [3.05, 3.63) is 0 Å². The molecule has 5 saturated carbocycles. The Hall–Kier alpha value is -1.12. The smallest absolute Gasteiger partial charge is 0.241 e. The van der Waals surface area contributed by atoms with Crippen molar-refractivity contribution in [2.24, 2.45) is 28.9 Å². The molecule has 1 amide bonds. The summed E-state index contributed by atoms with van der Waals surface area (Å²) in [6, 6.07) is 1.72. The maximum atomic E-state index is 13.1. The lowest BCUT2D eigenvalue weighted by atomic mass is 9.46. The van der Waals surface area contributed by atoms with Crippen molar-refractivity contribution in [1.29, 1.82) is 5.26 Å². The van der Waals surface area contributed by atoms with Crippen LogP contribution in [0.3, 0.4) is 0 Å². The number of likely N-dealkylation sites (tertiary alicyclic amines) is 1. The number of nitrogens with two attached hydrogens (primary N) is 1. The van der Waals surface area contributed by atoms with Gasteiger partial charge in [0.2, 0.25) is 5.91 Å². The molecule has 4 bridgehead atoms. The number of amides is 1. The van der Waals surface area contributed by atoms with Gasteiger partial charge in [-0.05, 0) is 74.5 Å². The van der Waals surface area contributed by atoms with Gasteiger partial charge in [0.15, 0.2) is 0 Å². The summed E-state index contributed by atoms with van der Waals surface area (Å²) in [6.45, 7) is 0. The van der Waals surface area contributed by atoms with Crippen LogP contribution in [-0.2, 0) is 4.79 Å². The summed E-state index contributed by atoms with van der Waals surface area (Å²) in [5, 5.41) is 20.2. The summed E-state index contributed by atoms with van der Waals surface area (Å²) in [7, 11) is 0. The number of piperidine rings is 1. The fraction of sp³-hybridized carbons (Fsp3) is 0.889. The first kappa shape index (κ1) is 14.2. The molecule has 0 aromatic rings. The molecular weight excluding hydrogens is 290 g/mol. The molecule has 23 heavy (non-hydrogen) atoms. The van der Waals surface area contributed by atoms with Gasteiger partial charge in [-0.2, -0.15) is 5.26 Å². The molecule has 0 radical (unpaired) electrons. The second-order valence-electron chi connectivity index (χ2n) is 9.21. The first-order valence-corrected chi connectivity index (χ1v) is 9.13. The summed E-state index contributed by atoms with van der Waals surface area (Å²) >= 11 is 0. The van der Waals surface area contributed by atoms with Gasteiger partial charge in [-0.3, -0.25) is 4.79 Å². The molecule has 5 nitrogen and oxygen atoms in total. The summed E-state index contributed by atoms with van der Waals surface area (Å²) in [5.41, 5.74) is 5.71. The molecule has 124 valence electrons. The first-order chi connectivity index (χ1) is 10.9. The normalized spacial score (nSPS) is 53.8. The molecule has 0 aromatic carbocycles. The SMILES string of the molecule is N#C[C@@H]1C[C@@H]2C[C@@H]2N1C(=O)[C@@H](N)C12CC3C[C@@H](CC(O)(C3)C1)C2. The highest BCUT2D eigenvalue weighted by Crippen LogP contribution is 2.63. The number of nitriles is 1. The summed E-state index contributed by atoms with van der Waals surface area (Å²) in [5.74, 6) is 1.56. The van der Waals surface area contributed by atoms with E-state index in [1.165, 1.54) is 6.42 Å². The highest BCUT2D eigenvalue weighted by molar-refractivity contribution is 5.84. The molecular formula is C18H25N3O2. The van der Waals surface area contributed by atoms with Crippen molar-refractivity contribution >= 4 is 5.91 Å². The molecule has 8 atom stereocenters. The lowest BCUT2D eigenvalue weighted by molar-refractivity contribution is -0.177. The van der Waals surface area contributed by atoms with Crippen LogP contribution in [0.2, 0.25) is 0 Å². The Balaban J connectivity index is 1.43. The van der Waals surface area contributed by atoms with Crippen LogP contribution >= 0.6 is 0 Å². The third-order valence-electron chi connectivity index (χ3n) is 7.51. The zero-order valence-corrected chi connectivity index (χ0v) is 13.4. The van der Waals surface area contributed by atoms with Gasteiger partial charge in [-0.15, -0.1) is 0 Å². The fourth-order valence-electron chi connectivity index (χ4n) is 6.96. The van der Waals surface area contributed by atoms with Gasteiger partial charge < -0.3 is 15.7 Å². The van der Waals surface area contributed by atoms with Crippen molar-refractivity contribution in [3.8, 4) is 6.07 Å². The van der Waals surface area contributed by atoms with E-state index in [4.69, 9.17) is 5.73 Å². The van der Waals surface area contributed by atoms with Gasteiger partial charge in [0.1, 0.15) is 6.04 Å². The minimum atomic E-state index is -0.594. The van der Waals surface area contributed by atoms with Crippen LogP contribution < -0.4 is 5.73 Å². The molecule has 1 saturated heterocycles. The van der Waals surface area contributed by atoms with E-state index < -0.39 is 11.6 Å². The highest BCUT2D eigenvalue weighted by Gasteiger charge is 2.62. The lowest BCUT2D eigenvalue weighted by Gasteiger charge is -2.61. The molecule has 0 aromatic heterocycles. The highest BCUT2D eigenvalue weighted by atomic mass is 16.3. The Morgan fingerprint density at radius 1 is 1.22 bits per heavy atom. The number of hydrogen-bond acceptors (Lipinski definition) is 4. The second-order valence-corrected chi connectivity index (χ2v) is 9.21. The third kappa shape index (κ3) is 1.88. The maximum Gasteiger partial charge on any atom is 0.241 e. The minimum Gasteiger partial charge on any atom is -0.390 e. The van der Waals surface area contributed by atoms with Crippen molar-refractivity contribution < 1.29 is 9.90 Å². The van der Waals surface area contributed by atoms with Gasteiger partial charge in [-0.1, -0.05) is 0 Å². The van der Waals surface area contributed by atoms with Gasteiger partial charge >= 0.3 is 0 Å². The average molecular weight is 315 g/mol. The van der Waals surface area contributed by atoms with E-state index in [1.807, 2.05) is 0 Å². The number of aliphatic hydroxyl groups is 1. The van der Waals surface area contributed by atoms with Crippen LogP contribution in [0.4, 0.5) is 0 Å². The monoisotopic (exact) mass is 315 g/mol. The number of fused-ring (bicyclic) bond motifs is 1. The van der Waals surface area contributed by atoms with Gasteiger partial charge in [0, 0.05) is 6.04 Å². The number of carbonyl (C=O) groups is 1. The van der Waals surface area contributed by atoms with Crippen LogP contribution in [0.5, 0.6) is 0 Å². The lowest BCUT2D eigenvalue weighted by Crippen LogP contribution is -2.64. The van der Waals surface area contributed by atoms with E-state index in [-0.39, 0.29) is 23.4 Å². The van der Waals surface area contributed by atoms with Crippen molar-refractivity contribution in [2.75, 3.05) is 0 Å². The minimum absolute atomic E-state index is 0.0212. The predicted octanol–water partition coefficient (Wildman–Crippen LogP) is 1.16. The van der Waals surface area contributed by atoms with Crippen LogP contribution in [0.25, 0.3) is 0 Å². The molecule has 5 heteroatoms. The largest absolute Gasteiger partial charge is 0.390 e. The number of nitrogens with zero attached hydrogens (tertiary/aromatic N) is 2. The standard InChI is InChI=1S/C18H25N3O2/c19-8-13-2-12-3-14(12)21(13)16(22)15(20)17-4-10-1-11(5-17)7-18(23,6-10)9-17/h10-15,23H,1-7,9,20H2/t10-,11?,12-,13+,14+,15-,17?,18?/m1/s1. The molecule has 6 rings (SSSR count). The Morgan fingerprint density at radius 2 is 1.91 bits per heavy atom. The van der Waals surface area contributed by atoms with E-state index in [0.717, 1.165) is 38.5 Å². The van der Waals surface area contributed by atoms with Crippen LogP contribution in [0.15, 0.2) is 0 Å². The number of hydrogen-bond donors (Lipinski definition) is 2. The quantitative estimate of drug-likeness (QED) is 0.800. The summed E-state index contributed by atoms with van der Waals surface area (Å²) < 4.78 is 0. The Morgan fingerprint density at radius 3 is 2.52 bits per heavy atom. The Kier molecular flexibility index (Phi) is 2.65. The second kappa shape index (κ2) is 4.29. The summed E-state index contributed by atoms with van der Waals surface area (Å²) in [4.78, 5) is 14.9. The zero-order valence-electron chi connectivity index (χ0n) is 13.4. The molecule has 1 aliphatic heterocycles. The van der Waals surface area contributed by atoms with E-state index in [1.54, 1.807) is 4.90 Å². The van der Waals surface area contributed by atoms with Gasteiger partial charge in [0.25, 0.3) is 0 Å². The topological polar surface area (TPSA) is 90.4 Å². The molecule has 3 N–H and O–H groups in total. The number of carbonyl (C=O) groups excluding carboxylic acids is 1.